The lowest BCUT2D eigenvalue weighted by Gasteiger charge is -2.10. The van der Waals surface area contributed by atoms with Gasteiger partial charge in [0, 0.05) is 46.5 Å². The summed E-state index contributed by atoms with van der Waals surface area (Å²) in [5.74, 6) is 0.0201. The van der Waals surface area contributed by atoms with Crippen molar-refractivity contribution in [2.75, 3.05) is 0 Å². The van der Waals surface area contributed by atoms with E-state index in [-0.39, 0.29) is 22.8 Å². The SMILES string of the molecule is Cc1ncc(CO)c(CNC(=O)I)c1O. The lowest BCUT2D eigenvalue weighted by molar-refractivity contribution is 0.261. The van der Waals surface area contributed by atoms with Crippen molar-refractivity contribution in [3.63, 3.8) is 0 Å². The van der Waals surface area contributed by atoms with Crippen molar-refractivity contribution in [2.24, 2.45) is 0 Å². The first-order valence-corrected chi connectivity index (χ1v) is 5.34. The predicted molar refractivity (Wildman–Crippen MR) is 62.8 cm³/mol. The number of rotatable bonds is 3. The number of pyridine rings is 1. The first-order chi connectivity index (χ1) is 7.06. The second kappa shape index (κ2) is 5.26. The smallest absolute Gasteiger partial charge is 0.280 e. The van der Waals surface area contributed by atoms with Gasteiger partial charge in [0.15, 0.2) is 0 Å². The van der Waals surface area contributed by atoms with E-state index >= 15 is 0 Å². The van der Waals surface area contributed by atoms with Crippen LogP contribution in [-0.4, -0.2) is 19.1 Å². The number of carbonyl (C=O) groups is 1. The number of amides is 1. The average Bonchev–Trinajstić information content (AvgIpc) is 2.20. The van der Waals surface area contributed by atoms with Gasteiger partial charge in [-0.1, -0.05) is 0 Å². The zero-order chi connectivity index (χ0) is 11.4. The predicted octanol–water partition coefficient (Wildman–Crippen LogP) is 1.23. The van der Waals surface area contributed by atoms with Crippen LogP contribution in [0.25, 0.3) is 0 Å². The molecule has 0 fully saturated rings. The van der Waals surface area contributed by atoms with Gasteiger partial charge in [0.05, 0.1) is 12.3 Å². The van der Waals surface area contributed by atoms with Crippen LogP contribution in [0, 0.1) is 6.92 Å². The number of nitrogens with one attached hydrogen (secondary N) is 1. The molecule has 0 aliphatic rings. The number of halogens is 1. The van der Waals surface area contributed by atoms with Crippen molar-refractivity contribution in [2.45, 2.75) is 20.1 Å². The summed E-state index contributed by atoms with van der Waals surface area (Å²) in [5, 5.41) is 21.3. The van der Waals surface area contributed by atoms with Crippen LogP contribution >= 0.6 is 22.6 Å². The molecule has 0 aromatic carbocycles. The number of hydrogen-bond acceptors (Lipinski definition) is 4. The van der Waals surface area contributed by atoms with Gasteiger partial charge in [-0.2, -0.15) is 0 Å². The summed E-state index contributed by atoms with van der Waals surface area (Å²) in [5.41, 5.74) is 1.50. The zero-order valence-corrected chi connectivity index (χ0v) is 10.3. The third-order valence-corrected chi connectivity index (χ3v) is 2.39. The largest absolute Gasteiger partial charge is 0.506 e. The van der Waals surface area contributed by atoms with E-state index in [0.29, 0.717) is 16.8 Å². The molecule has 1 heterocycles. The number of aromatic nitrogens is 1. The summed E-state index contributed by atoms with van der Waals surface area (Å²) in [6.07, 6.45) is 1.49. The van der Waals surface area contributed by atoms with Crippen molar-refractivity contribution in [1.82, 2.24) is 10.3 Å². The monoisotopic (exact) mass is 322 g/mol. The van der Waals surface area contributed by atoms with E-state index in [1.807, 2.05) is 0 Å². The van der Waals surface area contributed by atoms with Gasteiger partial charge in [0.2, 0.25) is 0 Å². The first-order valence-electron chi connectivity index (χ1n) is 4.26. The number of aliphatic hydroxyl groups excluding tert-OH is 1. The Bertz CT molecular complexity index is 382. The fourth-order valence-electron chi connectivity index (χ4n) is 1.18. The minimum Gasteiger partial charge on any atom is -0.506 e. The van der Waals surface area contributed by atoms with E-state index in [1.165, 1.54) is 6.20 Å². The molecule has 0 unspecified atom stereocenters. The van der Waals surface area contributed by atoms with Crippen molar-refractivity contribution in [1.29, 1.82) is 0 Å². The minimum absolute atomic E-state index is 0.0201. The molecule has 1 rings (SSSR count). The number of hydrogen-bond donors (Lipinski definition) is 3. The highest BCUT2D eigenvalue weighted by atomic mass is 127. The quantitative estimate of drug-likeness (QED) is 0.444. The van der Waals surface area contributed by atoms with Crippen LogP contribution in [0.2, 0.25) is 0 Å². The minimum atomic E-state index is -0.217. The van der Waals surface area contributed by atoms with Crippen LogP contribution in [0.1, 0.15) is 16.8 Å². The van der Waals surface area contributed by atoms with Crippen LogP contribution in [0.15, 0.2) is 6.20 Å². The molecule has 0 saturated carbocycles. The highest BCUT2D eigenvalue weighted by Gasteiger charge is 2.11. The highest BCUT2D eigenvalue weighted by Crippen LogP contribution is 2.23. The van der Waals surface area contributed by atoms with Gasteiger partial charge in [-0.15, -0.1) is 0 Å². The first kappa shape index (κ1) is 12.2. The summed E-state index contributed by atoms with van der Waals surface area (Å²) in [6.45, 7) is 1.63. The van der Waals surface area contributed by atoms with E-state index in [9.17, 15) is 9.90 Å². The molecule has 3 N–H and O–H groups in total. The summed E-state index contributed by atoms with van der Waals surface area (Å²) < 4.78 is -0.217. The molecule has 0 radical (unpaired) electrons. The Kier molecular flexibility index (Phi) is 4.28. The van der Waals surface area contributed by atoms with Gasteiger partial charge in [-0.25, -0.2) is 0 Å². The van der Waals surface area contributed by atoms with Crippen LogP contribution in [-0.2, 0) is 13.2 Å². The summed E-state index contributed by atoms with van der Waals surface area (Å²) in [6, 6.07) is 0. The second-order valence-corrected chi connectivity index (χ2v) is 3.96. The Balaban J connectivity index is 3.01. The molecule has 1 amide bonds. The average molecular weight is 322 g/mol. The molecule has 1 aromatic heterocycles. The van der Waals surface area contributed by atoms with E-state index < -0.39 is 0 Å². The third-order valence-electron chi connectivity index (χ3n) is 2.00. The maximum Gasteiger partial charge on any atom is 0.280 e. The molecule has 0 aliphatic carbocycles. The van der Waals surface area contributed by atoms with Crippen LogP contribution in [0.3, 0.4) is 0 Å². The lowest BCUT2D eigenvalue weighted by atomic mass is 10.1. The Morgan fingerprint density at radius 2 is 2.33 bits per heavy atom. The number of carbonyl (C=O) groups excluding carboxylic acids is 1. The maximum absolute atomic E-state index is 10.7. The van der Waals surface area contributed by atoms with E-state index in [0.717, 1.165) is 0 Å². The molecule has 0 aliphatic heterocycles. The van der Waals surface area contributed by atoms with Crippen LogP contribution in [0.4, 0.5) is 4.79 Å². The van der Waals surface area contributed by atoms with E-state index in [4.69, 9.17) is 5.11 Å². The number of aryl methyl sites for hydroxylation is 1. The van der Waals surface area contributed by atoms with Crippen LogP contribution < -0.4 is 5.32 Å². The van der Waals surface area contributed by atoms with Crippen molar-refractivity contribution in [3.8, 4) is 5.75 Å². The van der Waals surface area contributed by atoms with Gasteiger partial charge >= 0.3 is 0 Å². The van der Waals surface area contributed by atoms with E-state index in [1.54, 1.807) is 29.5 Å². The van der Waals surface area contributed by atoms with Crippen molar-refractivity contribution < 1.29 is 15.0 Å². The highest BCUT2D eigenvalue weighted by molar-refractivity contribution is 14.1. The second-order valence-electron chi connectivity index (χ2n) is 2.98. The van der Waals surface area contributed by atoms with Gasteiger partial charge in [-0.3, -0.25) is 9.78 Å². The molecule has 15 heavy (non-hydrogen) atoms. The Morgan fingerprint density at radius 3 is 2.87 bits per heavy atom. The van der Waals surface area contributed by atoms with Crippen molar-refractivity contribution >= 4 is 26.5 Å². The van der Waals surface area contributed by atoms with Crippen LogP contribution in [0.5, 0.6) is 5.75 Å². The molecule has 0 atom stereocenters. The van der Waals surface area contributed by atoms with E-state index in [2.05, 4.69) is 10.3 Å². The summed E-state index contributed by atoms with van der Waals surface area (Å²) in [7, 11) is 0. The molecule has 1 aromatic rings. The topological polar surface area (TPSA) is 82.5 Å². The lowest BCUT2D eigenvalue weighted by Crippen LogP contribution is -2.17. The zero-order valence-electron chi connectivity index (χ0n) is 8.12. The summed E-state index contributed by atoms with van der Waals surface area (Å²) in [4.78, 5) is 14.6. The molecule has 6 heteroatoms. The summed E-state index contributed by atoms with van der Waals surface area (Å²) >= 11 is 1.60. The maximum atomic E-state index is 10.7. The fourth-order valence-corrected chi connectivity index (χ4v) is 1.37. The van der Waals surface area contributed by atoms with Gasteiger partial charge in [0.25, 0.3) is 3.91 Å². The normalized spacial score (nSPS) is 10.1. The molecular formula is C9H11IN2O3. The molecule has 0 saturated heterocycles. The molecule has 0 bridgehead atoms. The Labute approximate surface area is 101 Å². The standard InChI is InChI=1S/C9H11IN2O3/c1-5-8(14)7(3-12-9(10)15)6(4-13)2-11-5/h2,13-14H,3-4H2,1H3,(H,12,15). The Hall–Kier alpha value is -0.890. The van der Waals surface area contributed by atoms with Gasteiger partial charge in [0.1, 0.15) is 5.75 Å². The van der Waals surface area contributed by atoms with Gasteiger partial charge < -0.3 is 15.5 Å². The van der Waals surface area contributed by atoms with Crippen molar-refractivity contribution in [3.05, 3.63) is 23.0 Å². The number of nitrogens with zero attached hydrogens (tertiary/aromatic N) is 1. The molecule has 0 spiro atoms. The molecule has 82 valence electrons. The number of aromatic hydroxyl groups is 1. The number of aliphatic hydroxyl groups is 1. The third kappa shape index (κ3) is 3.03. The van der Waals surface area contributed by atoms with Gasteiger partial charge in [-0.05, 0) is 6.92 Å². The Morgan fingerprint density at radius 1 is 1.67 bits per heavy atom. The molecule has 5 nitrogen and oxygen atoms in total. The molecular weight excluding hydrogens is 311 g/mol. The fraction of sp³-hybridized carbons (Fsp3) is 0.333.